The highest BCUT2D eigenvalue weighted by Crippen LogP contribution is 2.12. The Morgan fingerprint density at radius 1 is 1.67 bits per heavy atom. The van der Waals surface area contributed by atoms with Gasteiger partial charge in [-0.25, -0.2) is 0 Å². The fraction of sp³-hybridized carbons (Fsp3) is 0.625. The molecule has 1 heterocycles. The summed E-state index contributed by atoms with van der Waals surface area (Å²) >= 11 is 2.90. The van der Waals surface area contributed by atoms with E-state index in [9.17, 15) is 4.79 Å². The molecule has 0 radical (unpaired) electrons. The topological polar surface area (TPSA) is 80.9 Å². The van der Waals surface area contributed by atoms with Crippen LogP contribution in [-0.2, 0) is 11.3 Å². The average Bonchev–Trinajstić information content (AvgIpc) is 2.61. The predicted molar refractivity (Wildman–Crippen MR) is 63.8 cm³/mol. The van der Waals surface area contributed by atoms with E-state index in [2.05, 4.69) is 15.5 Å². The molecule has 1 aromatic rings. The van der Waals surface area contributed by atoms with Gasteiger partial charge in [-0.1, -0.05) is 18.3 Å². The third-order valence-electron chi connectivity index (χ3n) is 1.68. The van der Waals surface area contributed by atoms with E-state index in [0.29, 0.717) is 11.7 Å². The molecule has 0 bridgehead atoms. The number of rotatable bonds is 5. The number of carbonyl (C=O) groups excluding carboxylic acids is 1. The number of thioether (sulfide) groups is 1. The zero-order valence-corrected chi connectivity index (χ0v) is 10.3. The molecule has 3 N–H and O–H groups in total. The van der Waals surface area contributed by atoms with E-state index >= 15 is 0 Å². The Labute approximate surface area is 96.8 Å². The second-order valence-corrected chi connectivity index (χ2v) is 5.56. The highest BCUT2D eigenvalue weighted by molar-refractivity contribution is 8.00. The first-order valence-corrected chi connectivity index (χ1v) is 6.47. The summed E-state index contributed by atoms with van der Waals surface area (Å²) in [5.41, 5.74) is 5.42. The number of amides is 1. The molecule has 0 aromatic carbocycles. The molecule has 0 aliphatic heterocycles. The molecule has 0 unspecified atom stereocenters. The van der Waals surface area contributed by atoms with Crippen LogP contribution in [0.2, 0.25) is 0 Å². The van der Waals surface area contributed by atoms with E-state index < -0.39 is 0 Å². The van der Waals surface area contributed by atoms with Crippen molar-refractivity contribution in [2.45, 2.75) is 25.6 Å². The standard InChI is InChI=1S/C8H14N4OS2/c1-3-14-5(2)7(13)10-4-6-11-12-8(9)15-6/h5H,3-4H2,1-2H3,(H2,9,12)(H,10,13)/t5-/m0/s1. The van der Waals surface area contributed by atoms with Crippen molar-refractivity contribution in [2.75, 3.05) is 11.5 Å². The fourth-order valence-electron chi connectivity index (χ4n) is 0.970. The zero-order chi connectivity index (χ0) is 11.3. The Bertz CT molecular complexity index is 328. The first-order valence-electron chi connectivity index (χ1n) is 4.60. The maximum atomic E-state index is 11.5. The number of nitrogens with one attached hydrogen (secondary N) is 1. The molecule has 1 amide bonds. The van der Waals surface area contributed by atoms with Gasteiger partial charge in [0.15, 0.2) is 0 Å². The average molecular weight is 246 g/mol. The van der Waals surface area contributed by atoms with Crippen LogP contribution in [0.15, 0.2) is 0 Å². The van der Waals surface area contributed by atoms with Crippen molar-refractivity contribution in [2.24, 2.45) is 0 Å². The molecule has 0 aliphatic carbocycles. The van der Waals surface area contributed by atoms with E-state index in [1.807, 2.05) is 13.8 Å². The van der Waals surface area contributed by atoms with Crippen LogP contribution in [0.5, 0.6) is 0 Å². The van der Waals surface area contributed by atoms with Crippen LogP contribution in [0.4, 0.5) is 5.13 Å². The van der Waals surface area contributed by atoms with Crippen molar-refractivity contribution in [3.63, 3.8) is 0 Å². The van der Waals surface area contributed by atoms with Crippen molar-refractivity contribution in [3.8, 4) is 0 Å². The van der Waals surface area contributed by atoms with Crippen molar-refractivity contribution >= 4 is 34.1 Å². The number of carbonyl (C=O) groups is 1. The Hall–Kier alpha value is -0.820. The van der Waals surface area contributed by atoms with Gasteiger partial charge in [-0.15, -0.1) is 22.0 Å². The van der Waals surface area contributed by atoms with Crippen LogP contribution in [0.1, 0.15) is 18.9 Å². The SMILES string of the molecule is CCS[C@@H](C)C(=O)NCc1nnc(N)s1. The van der Waals surface area contributed by atoms with Crippen molar-refractivity contribution < 1.29 is 4.79 Å². The molecule has 84 valence electrons. The van der Waals surface area contributed by atoms with Gasteiger partial charge in [-0.2, -0.15) is 0 Å². The molecule has 0 spiro atoms. The first kappa shape index (κ1) is 12.3. The molecular weight excluding hydrogens is 232 g/mol. The van der Waals surface area contributed by atoms with E-state index in [1.165, 1.54) is 11.3 Å². The molecule has 15 heavy (non-hydrogen) atoms. The molecule has 5 nitrogen and oxygen atoms in total. The summed E-state index contributed by atoms with van der Waals surface area (Å²) in [7, 11) is 0. The quantitative estimate of drug-likeness (QED) is 0.806. The molecule has 0 aliphatic rings. The van der Waals surface area contributed by atoms with Gasteiger partial charge >= 0.3 is 0 Å². The minimum absolute atomic E-state index is 0.0237. The lowest BCUT2D eigenvalue weighted by Gasteiger charge is -2.09. The minimum Gasteiger partial charge on any atom is -0.374 e. The fourth-order valence-corrected chi connectivity index (χ4v) is 2.25. The van der Waals surface area contributed by atoms with Crippen molar-refractivity contribution in [3.05, 3.63) is 5.01 Å². The van der Waals surface area contributed by atoms with Crippen molar-refractivity contribution in [1.29, 1.82) is 0 Å². The van der Waals surface area contributed by atoms with Gasteiger partial charge in [0.05, 0.1) is 11.8 Å². The van der Waals surface area contributed by atoms with Gasteiger partial charge in [0, 0.05) is 0 Å². The van der Waals surface area contributed by atoms with Crippen molar-refractivity contribution in [1.82, 2.24) is 15.5 Å². The summed E-state index contributed by atoms with van der Waals surface area (Å²) < 4.78 is 0. The third-order valence-corrected chi connectivity index (χ3v) is 3.48. The number of aromatic nitrogens is 2. The lowest BCUT2D eigenvalue weighted by atomic mass is 10.4. The molecule has 7 heteroatoms. The summed E-state index contributed by atoms with van der Waals surface area (Å²) in [5, 5.41) is 11.4. The molecular formula is C8H14N4OS2. The summed E-state index contributed by atoms with van der Waals surface area (Å²) in [6, 6.07) is 0. The lowest BCUT2D eigenvalue weighted by molar-refractivity contribution is -0.120. The second kappa shape index (κ2) is 5.92. The molecule has 0 saturated heterocycles. The van der Waals surface area contributed by atoms with Crippen LogP contribution >= 0.6 is 23.1 Å². The second-order valence-electron chi connectivity index (χ2n) is 2.85. The van der Waals surface area contributed by atoms with E-state index in [-0.39, 0.29) is 11.2 Å². The Kier molecular flexibility index (Phi) is 4.83. The Morgan fingerprint density at radius 2 is 2.40 bits per heavy atom. The summed E-state index contributed by atoms with van der Waals surface area (Å²) in [6.07, 6.45) is 0. The largest absolute Gasteiger partial charge is 0.374 e. The third kappa shape index (κ3) is 4.05. The van der Waals surface area contributed by atoms with Gasteiger partial charge in [-0.3, -0.25) is 4.79 Å². The number of hydrogen-bond acceptors (Lipinski definition) is 6. The smallest absolute Gasteiger partial charge is 0.233 e. The van der Waals surface area contributed by atoms with E-state index in [1.54, 1.807) is 11.8 Å². The molecule has 1 aromatic heterocycles. The number of nitrogens with zero attached hydrogens (tertiary/aromatic N) is 2. The van der Waals surface area contributed by atoms with Gasteiger partial charge in [0.1, 0.15) is 5.01 Å². The van der Waals surface area contributed by atoms with Gasteiger partial charge in [0.25, 0.3) is 0 Å². The number of nitrogen functional groups attached to an aromatic ring is 1. The molecule has 1 rings (SSSR count). The van der Waals surface area contributed by atoms with Gasteiger partial charge in [0.2, 0.25) is 11.0 Å². The number of hydrogen-bond donors (Lipinski definition) is 2. The minimum atomic E-state index is -0.0275. The van der Waals surface area contributed by atoms with Gasteiger partial charge in [-0.05, 0) is 12.7 Å². The van der Waals surface area contributed by atoms with Gasteiger partial charge < -0.3 is 11.1 Å². The monoisotopic (exact) mass is 246 g/mol. The highest BCUT2D eigenvalue weighted by atomic mass is 32.2. The first-order chi connectivity index (χ1) is 7.13. The molecule has 0 fully saturated rings. The highest BCUT2D eigenvalue weighted by Gasteiger charge is 2.12. The predicted octanol–water partition coefficient (Wildman–Crippen LogP) is 0.878. The lowest BCUT2D eigenvalue weighted by Crippen LogP contribution is -2.30. The molecule has 1 atom stereocenters. The zero-order valence-electron chi connectivity index (χ0n) is 8.69. The Morgan fingerprint density at radius 3 is 2.93 bits per heavy atom. The Balaban J connectivity index is 2.34. The number of anilines is 1. The van der Waals surface area contributed by atoms with E-state index in [0.717, 1.165) is 10.8 Å². The summed E-state index contributed by atoms with van der Waals surface area (Å²) in [6.45, 7) is 4.32. The normalized spacial score (nSPS) is 12.4. The maximum absolute atomic E-state index is 11.5. The van der Waals surface area contributed by atoms with E-state index in [4.69, 9.17) is 5.73 Å². The molecule has 0 saturated carbocycles. The van der Waals surface area contributed by atoms with Crippen LogP contribution < -0.4 is 11.1 Å². The van der Waals surface area contributed by atoms with Crippen LogP contribution in [0.25, 0.3) is 0 Å². The van der Waals surface area contributed by atoms with Crippen LogP contribution in [0, 0.1) is 0 Å². The van der Waals surface area contributed by atoms with Crippen LogP contribution in [-0.4, -0.2) is 27.1 Å². The van der Waals surface area contributed by atoms with Crippen LogP contribution in [0.3, 0.4) is 0 Å². The summed E-state index contributed by atoms with van der Waals surface area (Å²) in [5.74, 6) is 0.955. The summed E-state index contributed by atoms with van der Waals surface area (Å²) in [4.78, 5) is 11.5. The number of nitrogens with two attached hydrogens (primary N) is 1. The maximum Gasteiger partial charge on any atom is 0.233 e.